The van der Waals surface area contributed by atoms with Crippen molar-refractivity contribution in [2.24, 2.45) is 0 Å². The van der Waals surface area contributed by atoms with E-state index >= 15 is 0 Å². The van der Waals surface area contributed by atoms with Gasteiger partial charge in [-0.1, -0.05) is 0 Å². The first-order valence-electron chi connectivity index (χ1n) is 7.67. The zero-order chi connectivity index (χ0) is 19.8. The van der Waals surface area contributed by atoms with Gasteiger partial charge in [0.15, 0.2) is 11.7 Å². The molecular weight excluding hydrogens is 371 g/mol. The van der Waals surface area contributed by atoms with Crippen LogP contribution in [0.5, 0.6) is 0 Å². The molecule has 2 unspecified atom stereocenters. The van der Waals surface area contributed by atoms with E-state index in [0.29, 0.717) is 0 Å². The van der Waals surface area contributed by atoms with Gasteiger partial charge in [0.2, 0.25) is 0 Å². The molecule has 2 heterocycles. The average Bonchev–Trinajstić information content (AvgIpc) is 2.78. The summed E-state index contributed by atoms with van der Waals surface area (Å²) in [5, 5.41) is 29.4. The van der Waals surface area contributed by atoms with Crippen LogP contribution in [0.25, 0.3) is 0 Å². The molecular formula is C14H21N2O9P. The van der Waals surface area contributed by atoms with Crippen molar-refractivity contribution in [2.75, 3.05) is 0 Å². The van der Waals surface area contributed by atoms with E-state index in [-0.39, 0.29) is 12.0 Å². The van der Waals surface area contributed by atoms with Gasteiger partial charge >= 0.3 is 13.3 Å². The Morgan fingerprint density at radius 3 is 2.65 bits per heavy atom. The molecule has 5 N–H and O–H groups in total. The summed E-state index contributed by atoms with van der Waals surface area (Å²) >= 11 is 0. The number of aromatic amines is 1. The number of hydrogen-bond donors (Lipinski definition) is 5. The fourth-order valence-electron chi connectivity index (χ4n) is 2.60. The lowest BCUT2D eigenvalue weighted by atomic mass is 10.1. The summed E-state index contributed by atoms with van der Waals surface area (Å²) in [7, 11) is -4.44. The average molecular weight is 392 g/mol. The largest absolute Gasteiger partial charge is 0.502 e. The van der Waals surface area contributed by atoms with Crippen LogP contribution in [0.15, 0.2) is 27.9 Å². The zero-order valence-electron chi connectivity index (χ0n) is 14.1. The van der Waals surface area contributed by atoms with Gasteiger partial charge in [-0.2, -0.15) is 0 Å². The summed E-state index contributed by atoms with van der Waals surface area (Å²) in [5.41, 5.74) is -2.22. The van der Waals surface area contributed by atoms with Crippen LogP contribution in [-0.2, 0) is 13.8 Å². The molecule has 6 atom stereocenters. The number of H-pyrrole nitrogens is 1. The lowest BCUT2D eigenvalue weighted by Gasteiger charge is -2.21. The number of nitrogens with zero attached hydrogens (tertiary/aromatic N) is 1. The number of aliphatic hydroxyl groups is 3. The maximum absolute atomic E-state index is 11.9. The second kappa shape index (κ2) is 7.47. The number of nitrogens with one attached hydrogen (secondary N) is 1. The van der Waals surface area contributed by atoms with Gasteiger partial charge in [-0.25, -0.2) is 4.79 Å². The standard InChI is InChI=1S/C14H21N2O9P/c1-6-5-16(14(21)15-12(6)20)13-11(19)10(18)9(24-13)4-7(2)25-26(22,23)8(3)17/h5,7,9-11,13,17-19H,3-4H2,1-2H3,(H,22,23)(H,15,20,21)/t7?,9-,10-,11-,13-/m1/s1. The lowest BCUT2D eigenvalue weighted by Crippen LogP contribution is -2.38. The molecule has 0 spiro atoms. The molecule has 2 rings (SSSR count). The molecule has 1 saturated heterocycles. The number of aliphatic hydroxyl groups excluding tert-OH is 3. The number of aryl methyl sites for hydroxylation is 1. The summed E-state index contributed by atoms with van der Waals surface area (Å²) in [6, 6.07) is 0. The van der Waals surface area contributed by atoms with Crippen LogP contribution >= 0.6 is 7.60 Å². The molecule has 26 heavy (non-hydrogen) atoms. The lowest BCUT2D eigenvalue weighted by molar-refractivity contribution is -0.0500. The molecule has 12 heteroatoms. The fourth-order valence-corrected chi connectivity index (χ4v) is 3.30. The van der Waals surface area contributed by atoms with E-state index in [1.54, 1.807) is 0 Å². The van der Waals surface area contributed by atoms with Crippen molar-refractivity contribution in [3.05, 3.63) is 44.7 Å². The summed E-state index contributed by atoms with van der Waals surface area (Å²) < 4.78 is 22.9. The Morgan fingerprint density at radius 1 is 1.46 bits per heavy atom. The van der Waals surface area contributed by atoms with Gasteiger partial charge < -0.3 is 29.5 Å². The van der Waals surface area contributed by atoms with Crippen LogP contribution in [0.4, 0.5) is 0 Å². The third-order valence-electron chi connectivity index (χ3n) is 3.97. The van der Waals surface area contributed by atoms with E-state index in [0.717, 1.165) is 4.57 Å². The molecule has 1 aliphatic heterocycles. The van der Waals surface area contributed by atoms with Crippen LogP contribution in [-0.4, -0.2) is 54.2 Å². The highest BCUT2D eigenvalue weighted by molar-refractivity contribution is 7.57. The van der Waals surface area contributed by atoms with E-state index < -0.39 is 55.0 Å². The maximum atomic E-state index is 11.9. The van der Waals surface area contributed by atoms with E-state index in [2.05, 4.69) is 11.6 Å². The molecule has 0 amide bonds. The van der Waals surface area contributed by atoms with Gasteiger partial charge in [-0.05, 0) is 20.4 Å². The normalized spacial score (nSPS) is 29.3. The summed E-state index contributed by atoms with van der Waals surface area (Å²) in [6.07, 6.45) is -5.07. The number of rotatable bonds is 6. The molecule has 146 valence electrons. The van der Waals surface area contributed by atoms with Crippen LogP contribution < -0.4 is 11.2 Å². The van der Waals surface area contributed by atoms with Crippen LogP contribution in [0.2, 0.25) is 0 Å². The Hall–Kier alpha value is -1.75. The minimum atomic E-state index is -4.44. The molecule has 1 fully saturated rings. The highest BCUT2D eigenvalue weighted by Gasteiger charge is 2.45. The summed E-state index contributed by atoms with van der Waals surface area (Å²) in [4.78, 5) is 34.9. The van der Waals surface area contributed by atoms with Crippen LogP contribution in [0, 0.1) is 6.92 Å². The highest BCUT2D eigenvalue weighted by Crippen LogP contribution is 2.50. The Bertz CT molecular complexity index is 848. The Morgan fingerprint density at radius 2 is 2.08 bits per heavy atom. The predicted octanol–water partition coefficient (Wildman–Crippen LogP) is -0.526. The SMILES string of the molecule is C=C(O)P(=O)(O)OC(C)C[C@H]1O[C@@H](n2cc(C)c(=O)[nH]c2=O)[C@H](O)[C@@H]1O. The van der Waals surface area contributed by atoms with E-state index in [4.69, 9.17) is 14.4 Å². The second-order valence-corrected chi connectivity index (χ2v) is 7.88. The van der Waals surface area contributed by atoms with Gasteiger partial charge in [-0.15, -0.1) is 0 Å². The van der Waals surface area contributed by atoms with Crippen molar-refractivity contribution in [1.82, 2.24) is 9.55 Å². The summed E-state index contributed by atoms with van der Waals surface area (Å²) in [5.74, 6) is 0. The third-order valence-corrected chi connectivity index (χ3v) is 5.27. The second-order valence-electron chi connectivity index (χ2n) is 6.11. The zero-order valence-corrected chi connectivity index (χ0v) is 15.0. The minimum Gasteiger partial charge on any atom is -0.502 e. The number of aromatic nitrogens is 2. The van der Waals surface area contributed by atoms with Crippen molar-refractivity contribution >= 4 is 7.60 Å². The monoisotopic (exact) mass is 392 g/mol. The molecule has 0 saturated carbocycles. The third kappa shape index (κ3) is 4.14. The van der Waals surface area contributed by atoms with Gasteiger partial charge in [-0.3, -0.25) is 18.9 Å². The Balaban J connectivity index is 2.16. The molecule has 1 aromatic heterocycles. The van der Waals surface area contributed by atoms with Gasteiger partial charge in [0.1, 0.15) is 12.2 Å². The van der Waals surface area contributed by atoms with E-state index in [9.17, 15) is 29.3 Å². The smallest absolute Gasteiger partial charge is 0.392 e. The molecule has 0 bridgehead atoms. The number of ether oxygens (including phenoxy) is 1. The molecule has 1 aromatic rings. The van der Waals surface area contributed by atoms with Crippen molar-refractivity contribution in [2.45, 2.75) is 50.9 Å². The molecule has 0 aliphatic carbocycles. The Kier molecular flexibility index (Phi) is 5.91. The van der Waals surface area contributed by atoms with Crippen molar-refractivity contribution in [3.63, 3.8) is 0 Å². The maximum Gasteiger partial charge on any atom is 0.392 e. The first-order valence-corrected chi connectivity index (χ1v) is 9.25. The Labute approximate surface area is 147 Å². The van der Waals surface area contributed by atoms with Gasteiger partial charge in [0.05, 0.1) is 12.2 Å². The summed E-state index contributed by atoms with van der Waals surface area (Å²) in [6.45, 7) is 5.80. The van der Waals surface area contributed by atoms with Gasteiger partial charge in [0, 0.05) is 18.2 Å². The van der Waals surface area contributed by atoms with Crippen molar-refractivity contribution in [3.8, 4) is 0 Å². The fraction of sp³-hybridized carbons (Fsp3) is 0.571. The molecule has 1 aliphatic rings. The van der Waals surface area contributed by atoms with Gasteiger partial charge in [0.25, 0.3) is 5.56 Å². The minimum absolute atomic E-state index is 0.121. The number of hydrogen-bond acceptors (Lipinski definition) is 8. The van der Waals surface area contributed by atoms with Crippen LogP contribution in [0.3, 0.4) is 0 Å². The van der Waals surface area contributed by atoms with Crippen molar-refractivity contribution in [1.29, 1.82) is 0 Å². The first kappa shape index (κ1) is 20.6. The van der Waals surface area contributed by atoms with Crippen LogP contribution in [0.1, 0.15) is 25.1 Å². The quantitative estimate of drug-likeness (QED) is 0.315. The van der Waals surface area contributed by atoms with E-state index in [1.807, 2.05) is 0 Å². The topological polar surface area (TPSA) is 171 Å². The first-order chi connectivity index (χ1) is 11.9. The van der Waals surface area contributed by atoms with Crippen molar-refractivity contribution < 1.29 is 34.0 Å². The predicted molar refractivity (Wildman–Crippen MR) is 88.7 cm³/mol. The molecule has 0 aromatic carbocycles. The highest BCUT2D eigenvalue weighted by atomic mass is 31.2. The molecule has 11 nitrogen and oxygen atoms in total. The molecule has 0 radical (unpaired) electrons. The van der Waals surface area contributed by atoms with E-state index in [1.165, 1.54) is 20.0 Å².